The van der Waals surface area contributed by atoms with Crippen molar-refractivity contribution in [1.82, 2.24) is 0 Å². The number of benzene rings is 4. The predicted octanol–water partition coefficient (Wildman–Crippen LogP) is 5.75. The molecular weight excluding hydrogens is 469 g/mol. The van der Waals surface area contributed by atoms with Gasteiger partial charge in [-0.3, -0.25) is 0 Å². The smallest absolute Gasteiger partial charge is 0.0972 e. The molecule has 0 unspecified atom stereocenters. The van der Waals surface area contributed by atoms with Crippen molar-refractivity contribution in [2.24, 2.45) is 0 Å². The predicted molar refractivity (Wildman–Crippen MR) is 163 cm³/mol. The second-order valence-electron chi connectivity index (χ2n) is 10.4. The molecule has 3 heteroatoms. The Morgan fingerprint density at radius 1 is 0.343 bits per heavy atom. The van der Waals surface area contributed by atoms with Gasteiger partial charge in [0.15, 0.2) is 8.07 Å². The molecule has 35 heavy (non-hydrogen) atoms. The zero-order chi connectivity index (χ0) is 24.8. The average Bonchev–Trinajstić information content (AvgIpc) is 2.91. The van der Waals surface area contributed by atoms with Crippen LogP contribution in [0.5, 0.6) is 0 Å². The largest absolute Gasteiger partial charge is 0.163 e. The van der Waals surface area contributed by atoms with Crippen molar-refractivity contribution >= 4 is 45.0 Å². The zero-order valence-corrected chi connectivity index (χ0v) is 24.4. The topological polar surface area (TPSA) is 0 Å². The van der Waals surface area contributed by atoms with E-state index in [4.69, 9.17) is 0 Å². The second kappa shape index (κ2) is 10.7. The summed E-state index contributed by atoms with van der Waals surface area (Å²) >= 11 is 0. The summed E-state index contributed by atoms with van der Waals surface area (Å²) in [5.41, 5.74) is 10.4. The first-order valence-electron chi connectivity index (χ1n) is 12.5. The molecule has 0 radical (unpaired) electrons. The van der Waals surface area contributed by atoms with E-state index in [9.17, 15) is 0 Å². The van der Waals surface area contributed by atoms with Crippen molar-refractivity contribution in [3.8, 4) is 0 Å². The minimum absolute atomic E-state index is 1.44. The van der Waals surface area contributed by atoms with Crippen molar-refractivity contribution in [2.45, 2.75) is 26.2 Å². The van der Waals surface area contributed by atoms with E-state index in [0.717, 1.165) is 0 Å². The zero-order valence-electron chi connectivity index (χ0n) is 21.4. The maximum absolute atomic E-state index is 2.63. The molecular formula is C32H36Si3. The molecule has 0 bridgehead atoms. The molecule has 0 spiro atoms. The lowest BCUT2D eigenvalue weighted by Crippen LogP contribution is -2.57. The Hall–Kier alpha value is -2.99. The van der Waals surface area contributed by atoms with Crippen LogP contribution in [0.2, 0.25) is 26.2 Å². The van der Waals surface area contributed by atoms with Gasteiger partial charge >= 0.3 is 0 Å². The van der Waals surface area contributed by atoms with Crippen LogP contribution in [0.15, 0.2) is 144 Å². The molecule has 0 aromatic heterocycles. The van der Waals surface area contributed by atoms with Crippen molar-refractivity contribution in [3.63, 3.8) is 0 Å². The van der Waals surface area contributed by atoms with Crippen molar-refractivity contribution in [3.05, 3.63) is 144 Å². The summed E-state index contributed by atoms with van der Waals surface area (Å²) in [5.74, 6) is 0. The third-order valence-corrected chi connectivity index (χ3v) is 17.3. The van der Waals surface area contributed by atoms with Crippen LogP contribution in [0.25, 0.3) is 0 Å². The van der Waals surface area contributed by atoms with Crippen LogP contribution < -0.4 is 20.7 Å². The fourth-order valence-corrected chi connectivity index (χ4v) is 15.3. The standard InChI is InChI=1S/C32H36Si3/c1-33(2,29-17-9-5-10-18-29)25-27-35(31-21-13-7-14-22-31,32-23-15-8-16-24-32)28-26-34(3,4)30-19-11-6-12-20-30/h5-28H,1-4H3/b27-25+,28-26+. The van der Waals surface area contributed by atoms with Crippen LogP contribution in [0, 0.1) is 0 Å². The third-order valence-electron chi connectivity index (χ3n) is 7.06. The molecule has 0 N–H and O–H groups in total. The molecule has 0 aliphatic rings. The van der Waals surface area contributed by atoms with Crippen molar-refractivity contribution < 1.29 is 0 Å². The summed E-state index contributed by atoms with van der Waals surface area (Å²) in [6.45, 7) is 9.83. The quantitative estimate of drug-likeness (QED) is 0.268. The van der Waals surface area contributed by atoms with Gasteiger partial charge in [-0.25, -0.2) is 0 Å². The maximum Gasteiger partial charge on any atom is 0.163 e. The highest BCUT2D eigenvalue weighted by Crippen LogP contribution is 2.16. The summed E-state index contributed by atoms with van der Waals surface area (Å²) in [7, 11) is -5.85. The summed E-state index contributed by atoms with van der Waals surface area (Å²) in [6.07, 6.45) is 0. The summed E-state index contributed by atoms with van der Waals surface area (Å²) < 4.78 is 0. The molecule has 0 heterocycles. The summed E-state index contributed by atoms with van der Waals surface area (Å²) in [6, 6.07) is 44.5. The normalized spacial score (nSPS) is 12.9. The van der Waals surface area contributed by atoms with Crippen LogP contribution in [0.3, 0.4) is 0 Å². The second-order valence-corrected chi connectivity index (χ2v) is 22.7. The molecule has 0 aliphatic heterocycles. The lowest BCUT2D eigenvalue weighted by Gasteiger charge is -2.30. The van der Waals surface area contributed by atoms with E-state index in [1.807, 2.05) is 0 Å². The number of hydrogen-bond donors (Lipinski definition) is 0. The fourth-order valence-electron chi connectivity index (χ4n) is 4.64. The Morgan fingerprint density at radius 2 is 0.600 bits per heavy atom. The van der Waals surface area contributed by atoms with Crippen LogP contribution in [-0.4, -0.2) is 24.2 Å². The Morgan fingerprint density at radius 3 is 0.886 bits per heavy atom. The Kier molecular flexibility index (Phi) is 7.70. The SMILES string of the molecule is C[Si](C)(/C=C/[Si](/C=C/[Si](C)(C)c1ccccc1)(c1ccccc1)c1ccccc1)c1ccccc1. The molecule has 0 atom stereocenters. The molecule has 4 rings (SSSR count). The first-order valence-corrected chi connectivity index (χ1v) is 20.8. The van der Waals surface area contributed by atoms with Gasteiger partial charge in [-0.1, -0.05) is 181 Å². The van der Waals surface area contributed by atoms with E-state index < -0.39 is 24.2 Å². The van der Waals surface area contributed by atoms with Crippen LogP contribution in [0.1, 0.15) is 0 Å². The van der Waals surface area contributed by atoms with Gasteiger partial charge in [0.2, 0.25) is 0 Å². The van der Waals surface area contributed by atoms with Crippen LogP contribution >= 0.6 is 0 Å². The monoisotopic (exact) mass is 504 g/mol. The molecule has 176 valence electrons. The third kappa shape index (κ3) is 5.81. The van der Waals surface area contributed by atoms with Crippen molar-refractivity contribution in [2.75, 3.05) is 0 Å². The van der Waals surface area contributed by atoms with Gasteiger partial charge in [-0.2, -0.15) is 0 Å². The van der Waals surface area contributed by atoms with Gasteiger partial charge in [0.05, 0.1) is 0 Å². The minimum Gasteiger partial charge on any atom is -0.0972 e. The van der Waals surface area contributed by atoms with Crippen LogP contribution in [0.4, 0.5) is 0 Å². The van der Waals surface area contributed by atoms with Crippen LogP contribution in [-0.2, 0) is 0 Å². The Labute approximate surface area is 214 Å². The molecule has 0 nitrogen and oxygen atoms in total. The molecule has 0 aliphatic carbocycles. The number of hydrogen-bond acceptors (Lipinski definition) is 0. The fraction of sp³-hybridized carbons (Fsp3) is 0.125. The summed E-state index contributed by atoms with van der Waals surface area (Å²) in [5, 5.41) is 5.83. The highest BCUT2D eigenvalue weighted by Gasteiger charge is 2.34. The molecule has 4 aromatic carbocycles. The highest BCUT2D eigenvalue weighted by molar-refractivity contribution is 7.11. The molecule has 4 aromatic rings. The Balaban J connectivity index is 1.90. The maximum atomic E-state index is 2.63. The molecule has 0 saturated heterocycles. The van der Waals surface area contributed by atoms with Gasteiger partial charge in [-0.15, -0.1) is 0 Å². The van der Waals surface area contributed by atoms with E-state index in [0.29, 0.717) is 0 Å². The van der Waals surface area contributed by atoms with Gasteiger partial charge in [0, 0.05) is 0 Å². The first kappa shape index (κ1) is 25.1. The summed E-state index contributed by atoms with van der Waals surface area (Å²) in [4.78, 5) is 0. The highest BCUT2D eigenvalue weighted by atomic mass is 28.3. The van der Waals surface area contributed by atoms with Gasteiger partial charge in [-0.05, 0) is 10.4 Å². The van der Waals surface area contributed by atoms with E-state index in [1.54, 1.807) is 0 Å². The minimum atomic E-state index is -2.32. The van der Waals surface area contributed by atoms with E-state index in [-0.39, 0.29) is 0 Å². The van der Waals surface area contributed by atoms with Gasteiger partial charge in [0.1, 0.15) is 16.1 Å². The van der Waals surface area contributed by atoms with E-state index in [2.05, 4.69) is 170 Å². The average molecular weight is 505 g/mol. The van der Waals surface area contributed by atoms with Gasteiger partial charge < -0.3 is 0 Å². The Bertz CT molecular complexity index is 1160. The lowest BCUT2D eigenvalue weighted by molar-refractivity contribution is 1.69. The van der Waals surface area contributed by atoms with Gasteiger partial charge in [0.25, 0.3) is 0 Å². The molecule has 0 fully saturated rings. The molecule has 0 amide bonds. The lowest BCUT2D eigenvalue weighted by atomic mass is 10.4. The molecule has 0 saturated carbocycles. The van der Waals surface area contributed by atoms with Crippen molar-refractivity contribution in [1.29, 1.82) is 0 Å². The van der Waals surface area contributed by atoms with E-state index >= 15 is 0 Å². The first-order chi connectivity index (χ1) is 16.8. The number of rotatable bonds is 8. The van der Waals surface area contributed by atoms with E-state index in [1.165, 1.54) is 20.7 Å².